The van der Waals surface area contributed by atoms with Crippen LogP contribution in [0.1, 0.15) is 69.9 Å². The molecule has 0 fully saturated rings. The first-order valence-electron chi connectivity index (χ1n) is 13.1. The molecule has 0 N–H and O–H groups in total. The minimum atomic E-state index is -0.211. The number of hydrogen-bond acceptors (Lipinski definition) is 6. The summed E-state index contributed by atoms with van der Waals surface area (Å²) in [6, 6.07) is 11.7. The van der Waals surface area contributed by atoms with Crippen molar-refractivity contribution in [3.63, 3.8) is 0 Å². The fourth-order valence-electron chi connectivity index (χ4n) is 3.93. The first kappa shape index (κ1) is 31.3. The average Bonchev–Trinajstić information content (AvgIpc) is 2.85. The summed E-state index contributed by atoms with van der Waals surface area (Å²) < 4.78 is 16.1. The summed E-state index contributed by atoms with van der Waals surface area (Å²) in [5, 5.41) is 1.33. The molecule has 2 aromatic rings. The maximum Gasteiger partial charge on any atom is 0.306 e. The SMILES string of the molecule is CCOC(=O)CCCOc1cccc(CCCCCCSc2cc(Cl)cc(Cl)c2)c1CCC(=O)OCC. The van der Waals surface area contributed by atoms with E-state index in [2.05, 4.69) is 6.07 Å². The van der Waals surface area contributed by atoms with Crippen molar-refractivity contribution in [3.8, 4) is 5.75 Å². The van der Waals surface area contributed by atoms with Crippen LogP contribution < -0.4 is 4.74 Å². The molecule has 0 aliphatic heterocycles. The predicted octanol–water partition coefficient (Wildman–Crippen LogP) is 8.11. The highest BCUT2D eigenvalue weighted by Crippen LogP contribution is 2.28. The van der Waals surface area contributed by atoms with E-state index in [-0.39, 0.29) is 11.9 Å². The maximum atomic E-state index is 12.0. The minimum Gasteiger partial charge on any atom is -0.493 e. The molecule has 8 heteroatoms. The van der Waals surface area contributed by atoms with Crippen LogP contribution in [-0.4, -0.2) is 37.5 Å². The second kappa shape index (κ2) is 18.4. The second-order valence-electron chi connectivity index (χ2n) is 8.57. The van der Waals surface area contributed by atoms with Gasteiger partial charge in [-0.25, -0.2) is 0 Å². The molecule has 0 amide bonds. The molecule has 0 bridgehead atoms. The van der Waals surface area contributed by atoms with Crippen molar-refractivity contribution in [2.45, 2.75) is 76.5 Å². The van der Waals surface area contributed by atoms with Crippen LogP contribution >= 0.6 is 35.0 Å². The molecule has 2 aromatic carbocycles. The van der Waals surface area contributed by atoms with Gasteiger partial charge in [-0.05, 0) is 87.1 Å². The Hall–Kier alpha value is -1.89. The Kier molecular flexibility index (Phi) is 15.6. The number of rotatable bonds is 18. The molecule has 0 saturated heterocycles. The van der Waals surface area contributed by atoms with Gasteiger partial charge in [0, 0.05) is 27.8 Å². The third-order valence-electron chi connectivity index (χ3n) is 5.65. The number of carbonyl (C=O) groups excluding carboxylic acids is 2. The molecule has 0 atom stereocenters. The standard InChI is InChI=1S/C29H38Cl2O5S/c1-3-34-28(32)14-10-17-36-27-13-9-12-22(26(27)15-16-29(33)35-4-2)11-7-5-6-8-18-37-25-20-23(30)19-24(31)21-25/h9,12-13,19-21H,3-8,10-11,14-18H2,1-2H3. The van der Waals surface area contributed by atoms with Crippen LogP contribution in [0.15, 0.2) is 41.3 Å². The van der Waals surface area contributed by atoms with E-state index < -0.39 is 0 Å². The number of esters is 2. The summed E-state index contributed by atoms with van der Waals surface area (Å²) in [5.74, 6) is 1.39. The van der Waals surface area contributed by atoms with Gasteiger partial charge >= 0.3 is 11.9 Å². The fraction of sp³-hybridized carbons (Fsp3) is 0.517. The Morgan fingerprint density at radius 2 is 1.49 bits per heavy atom. The Bertz CT molecular complexity index is 963. The lowest BCUT2D eigenvalue weighted by Gasteiger charge is -2.16. The molecule has 0 heterocycles. The summed E-state index contributed by atoms with van der Waals surface area (Å²) in [6.07, 6.45) is 7.17. The molecule has 2 rings (SSSR count). The Balaban J connectivity index is 1.84. The first-order valence-corrected chi connectivity index (χ1v) is 14.8. The van der Waals surface area contributed by atoms with Crippen LogP contribution in [0.4, 0.5) is 0 Å². The predicted molar refractivity (Wildman–Crippen MR) is 152 cm³/mol. The molecule has 0 radical (unpaired) electrons. The van der Waals surface area contributed by atoms with Gasteiger partial charge in [-0.2, -0.15) is 0 Å². The average molecular weight is 570 g/mol. The summed E-state index contributed by atoms with van der Waals surface area (Å²) in [6.45, 7) is 4.79. The topological polar surface area (TPSA) is 61.8 Å². The van der Waals surface area contributed by atoms with E-state index in [1.54, 1.807) is 24.8 Å². The summed E-state index contributed by atoms with van der Waals surface area (Å²) in [5.41, 5.74) is 2.26. The van der Waals surface area contributed by atoms with Crippen molar-refractivity contribution < 1.29 is 23.8 Å². The number of ether oxygens (including phenoxy) is 3. The molecular weight excluding hydrogens is 531 g/mol. The Morgan fingerprint density at radius 3 is 2.19 bits per heavy atom. The quantitative estimate of drug-likeness (QED) is 0.103. The van der Waals surface area contributed by atoms with Crippen molar-refractivity contribution in [1.82, 2.24) is 0 Å². The van der Waals surface area contributed by atoms with Crippen molar-refractivity contribution in [2.24, 2.45) is 0 Å². The van der Waals surface area contributed by atoms with Gasteiger partial charge in [0.05, 0.1) is 19.8 Å². The van der Waals surface area contributed by atoms with Crippen LogP contribution in [-0.2, 0) is 31.9 Å². The highest BCUT2D eigenvalue weighted by atomic mass is 35.5. The van der Waals surface area contributed by atoms with Gasteiger partial charge in [0.15, 0.2) is 0 Å². The van der Waals surface area contributed by atoms with Crippen molar-refractivity contribution in [1.29, 1.82) is 0 Å². The minimum absolute atomic E-state index is 0.205. The lowest BCUT2D eigenvalue weighted by molar-refractivity contribution is -0.144. The van der Waals surface area contributed by atoms with Gasteiger partial charge in [-0.1, -0.05) is 48.2 Å². The zero-order valence-electron chi connectivity index (χ0n) is 21.9. The number of hydrogen-bond donors (Lipinski definition) is 0. The molecular formula is C29H38Cl2O5S. The van der Waals surface area contributed by atoms with Crippen molar-refractivity contribution >= 4 is 46.9 Å². The van der Waals surface area contributed by atoms with Gasteiger partial charge < -0.3 is 14.2 Å². The summed E-state index contributed by atoms with van der Waals surface area (Å²) in [7, 11) is 0. The van der Waals surface area contributed by atoms with Gasteiger partial charge in [0.1, 0.15) is 5.75 Å². The lowest BCUT2D eigenvalue weighted by Crippen LogP contribution is -2.10. The number of benzene rings is 2. The summed E-state index contributed by atoms with van der Waals surface area (Å²) in [4.78, 5) is 24.7. The van der Waals surface area contributed by atoms with Crippen LogP contribution in [0.25, 0.3) is 0 Å². The second-order valence-corrected chi connectivity index (χ2v) is 10.6. The molecule has 0 aliphatic carbocycles. The molecule has 0 aromatic heterocycles. The van der Waals surface area contributed by atoms with E-state index in [1.165, 1.54) is 5.56 Å². The zero-order chi connectivity index (χ0) is 26.9. The normalized spacial score (nSPS) is 10.8. The van der Waals surface area contributed by atoms with E-state index in [0.717, 1.165) is 54.1 Å². The van der Waals surface area contributed by atoms with Gasteiger partial charge in [0.25, 0.3) is 0 Å². The van der Waals surface area contributed by atoms with E-state index >= 15 is 0 Å². The van der Waals surface area contributed by atoms with Crippen LogP contribution in [0.2, 0.25) is 10.0 Å². The summed E-state index contributed by atoms with van der Waals surface area (Å²) >= 11 is 13.9. The van der Waals surface area contributed by atoms with Crippen molar-refractivity contribution in [2.75, 3.05) is 25.6 Å². The highest BCUT2D eigenvalue weighted by Gasteiger charge is 2.13. The smallest absolute Gasteiger partial charge is 0.306 e. The molecule has 37 heavy (non-hydrogen) atoms. The lowest BCUT2D eigenvalue weighted by atomic mass is 9.97. The number of thioether (sulfide) groups is 1. The number of unbranched alkanes of at least 4 members (excludes halogenated alkanes) is 3. The Morgan fingerprint density at radius 1 is 0.811 bits per heavy atom. The number of carbonyl (C=O) groups is 2. The number of halogens is 2. The fourth-order valence-corrected chi connectivity index (χ4v) is 5.59. The first-order chi connectivity index (χ1) is 17.9. The Labute approximate surface area is 235 Å². The molecule has 5 nitrogen and oxygen atoms in total. The zero-order valence-corrected chi connectivity index (χ0v) is 24.2. The molecule has 204 valence electrons. The monoisotopic (exact) mass is 568 g/mol. The van der Waals surface area contributed by atoms with E-state index in [1.807, 2.05) is 31.2 Å². The van der Waals surface area contributed by atoms with Gasteiger partial charge in [0.2, 0.25) is 0 Å². The third-order valence-corrected chi connectivity index (χ3v) is 7.15. The van der Waals surface area contributed by atoms with Gasteiger partial charge in [-0.15, -0.1) is 11.8 Å². The molecule has 0 aliphatic rings. The number of aryl methyl sites for hydroxylation is 1. The van der Waals surface area contributed by atoms with E-state index in [9.17, 15) is 9.59 Å². The van der Waals surface area contributed by atoms with Crippen LogP contribution in [0.5, 0.6) is 5.75 Å². The molecule has 0 spiro atoms. The largest absolute Gasteiger partial charge is 0.493 e. The molecule has 0 saturated carbocycles. The van der Waals surface area contributed by atoms with Crippen LogP contribution in [0.3, 0.4) is 0 Å². The molecule has 0 unspecified atom stereocenters. The third kappa shape index (κ3) is 13.0. The van der Waals surface area contributed by atoms with E-state index in [4.69, 9.17) is 37.4 Å². The van der Waals surface area contributed by atoms with Gasteiger partial charge in [-0.3, -0.25) is 9.59 Å². The van der Waals surface area contributed by atoms with Crippen molar-refractivity contribution in [3.05, 3.63) is 57.6 Å². The van der Waals surface area contributed by atoms with Crippen LogP contribution in [0, 0.1) is 0 Å². The van der Waals surface area contributed by atoms with E-state index in [0.29, 0.717) is 55.5 Å². The maximum absolute atomic E-state index is 12.0. The highest BCUT2D eigenvalue weighted by molar-refractivity contribution is 7.99.